The molecule has 0 fully saturated rings. The second-order valence-electron chi connectivity index (χ2n) is 5.24. The molecule has 4 nitrogen and oxygen atoms in total. The molecule has 0 saturated heterocycles. The van der Waals surface area contributed by atoms with E-state index in [0.29, 0.717) is 11.3 Å². The van der Waals surface area contributed by atoms with Gasteiger partial charge in [-0.1, -0.05) is 6.07 Å². The van der Waals surface area contributed by atoms with E-state index in [-0.39, 0.29) is 5.56 Å². The average Bonchev–Trinajstić information content (AvgIpc) is 3.11. The van der Waals surface area contributed by atoms with Crippen LogP contribution in [0.15, 0.2) is 63.9 Å². The van der Waals surface area contributed by atoms with Gasteiger partial charge in [-0.2, -0.15) is 0 Å². The fourth-order valence-corrected chi connectivity index (χ4v) is 3.79. The predicted octanol–water partition coefficient (Wildman–Crippen LogP) is 4.44. The molecule has 0 aliphatic carbocycles. The molecule has 4 aromatic rings. The van der Waals surface area contributed by atoms with Crippen molar-refractivity contribution >= 4 is 34.0 Å². The van der Waals surface area contributed by atoms with E-state index >= 15 is 0 Å². The Morgan fingerprint density at radius 2 is 1.96 bits per heavy atom. The molecule has 24 heavy (non-hydrogen) atoms. The molecule has 0 aliphatic rings. The van der Waals surface area contributed by atoms with Gasteiger partial charge in [0.05, 0.1) is 11.3 Å². The fraction of sp³-hybridized carbons (Fsp3) is 0.0556. The van der Waals surface area contributed by atoms with Gasteiger partial charge < -0.3 is 4.98 Å². The van der Waals surface area contributed by atoms with Crippen LogP contribution < -0.4 is 5.56 Å². The van der Waals surface area contributed by atoms with E-state index in [1.165, 1.54) is 11.3 Å². The van der Waals surface area contributed by atoms with Crippen LogP contribution in [0.1, 0.15) is 0 Å². The van der Waals surface area contributed by atoms with Crippen LogP contribution in [0.3, 0.4) is 0 Å². The summed E-state index contributed by atoms with van der Waals surface area (Å²) >= 11 is 3.18. The van der Waals surface area contributed by atoms with Crippen molar-refractivity contribution in [2.24, 2.45) is 0 Å². The van der Waals surface area contributed by atoms with Crippen molar-refractivity contribution in [3.05, 3.63) is 64.5 Å². The molecule has 1 aromatic carbocycles. The zero-order valence-corrected chi connectivity index (χ0v) is 14.4. The van der Waals surface area contributed by atoms with Crippen molar-refractivity contribution in [3.8, 4) is 21.8 Å². The quantitative estimate of drug-likeness (QED) is 0.555. The van der Waals surface area contributed by atoms with Crippen LogP contribution in [-0.4, -0.2) is 21.2 Å². The minimum atomic E-state index is -0.118. The monoisotopic (exact) mass is 351 g/mol. The van der Waals surface area contributed by atoms with Crippen molar-refractivity contribution in [2.75, 3.05) is 6.26 Å². The molecule has 0 unspecified atom stereocenters. The first kappa shape index (κ1) is 15.1. The molecule has 6 heteroatoms. The molecule has 0 saturated carbocycles. The number of aromatic nitrogens is 3. The molecule has 0 spiro atoms. The Bertz CT molecular complexity index is 1070. The summed E-state index contributed by atoms with van der Waals surface area (Å²) in [6.45, 7) is 0. The third-order valence-corrected chi connectivity index (χ3v) is 5.38. The molecular formula is C18H13N3OS2. The number of thiazole rings is 1. The number of H-pyrrole nitrogens is 1. The Balaban J connectivity index is 1.81. The van der Waals surface area contributed by atoms with E-state index in [9.17, 15) is 4.79 Å². The van der Waals surface area contributed by atoms with Gasteiger partial charge in [0.15, 0.2) is 0 Å². The van der Waals surface area contributed by atoms with E-state index in [4.69, 9.17) is 0 Å². The van der Waals surface area contributed by atoms with Gasteiger partial charge in [-0.3, -0.25) is 9.78 Å². The molecule has 0 amide bonds. The molecule has 3 aromatic heterocycles. The van der Waals surface area contributed by atoms with Gasteiger partial charge >= 0.3 is 0 Å². The van der Waals surface area contributed by atoms with Crippen LogP contribution in [-0.2, 0) is 0 Å². The lowest BCUT2D eigenvalue weighted by Gasteiger charge is -2.03. The Morgan fingerprint density at radius 1 is 1.12 bits per heavy atom. The normalized spacial score (nSPS) is 11.0. The molecule has 118 valence electrons. The number of thioether (sulfide) groups is 1. The summed E-state index contributed by atoms with van der Waals surface area (Å²) in [5.74, 6) is 0. The summed E-state index contributed by atoms with van der Waals surface area (Å²) in [6.07, 6.45) is 5.49. The summed E-state index contributed by atoms with van der Waals surface area (Å²) < 4.78 is 0. The minimum Gasteiger partial charge on any atom is -0.321 e. The first-order chi connectivity index (χ1) is 11.7. The molecule has 0 atom stereocenters. The largest absolute Gasteiger partial charge is 0.321 e. The summed E-state index contributed by atoms with van der Waals surface area (Å²) in [4.78, 5) is 25.2. The lowest BCUT2D eigenvalue weighted by molar-refractivity contribution is 1.27. The van der Waals surface area contributed by atoms with Gasteiger partial charge in [0, 0.05) is 33.7 Å². The Labute approximate surface area is 146 Å². The Hall–Kier alpha value is -2.44. The second-order valence-corrected chi connectivity index (χ2v) is 6.98. The summed E-state index contributed by atoms with van der Waals surface area (Å²) in [6, 6.07) is 11.8. The van der Waals surface area contributed by atoms with E-state index in [2.05, 4.69) is 21.0 Å². The molecule has 0 aliphatic heterocycles. The molecule has 3 heterocycles. The van der Waals surface area contributed by atoms with Crippen molar-refractivity contribution in [2.45, 2.75) is 4.90 Å². The van der Waals surface area contributed by atoms with Gasteiger partial charge in [0.1, 0.15) is 5.01 Å². The highest BCUT2D eigenvalue weighted by Crippen LogP contribution is 2.28. The Kier molecular flexibility index (Phi) is 3.92. The highest BCUT2D eigenvalue weighted by atomic mass is 32.2. The maximum absolute atomic E-state index is 12.5. The maximum atomic E-state index is 12.5. The highest BCUT2D eigenvalue weighted by Gasteiger charge is 2.11. The summed E-state index contributed by atoms with van der Waals surface area (Å²) in [7, 11) is 0. The molecule has 0 radical (unpaired) electrons. The molecule has 4 rings (SSSR count). The van der Waals surface area contributed by atoms with E-state index in [1.807, 2.05) is 42.0 Å². The number of nitrogens with one attached hydrogen (secondary N) is 1. The summed E-state index contributed by atoms with van der Waals surface area (Å²) in [5.41, 5.74) is 3.02. The van der Waals surface area contributed by atoms with Crippen LogP contribution in [0.5, 0.6) is 0 Å². The zero-order chi connectivity index (χ0) is 16.5. The predicted molar refractivity (Wildman–Crippen MR) is 101 cm³/mol. The average molecular weight is 351 g/mol. The number of benzene rings is 1. The summed E-state index contributed by atoms with van der Waals surface area (Å²) in [5, 5.41) is 3.80. The maximum Gasteiger partial charge on any atom is 0.257 e. The van der Waals surface area contributed by atoms with Gasteiger partial charge in [-0.25, -0.2) is 4.98 Å². The second kappa shape index (κ2) is 6.22. The van der Waals surface area contributed by atoms with Crippen molar-refractivity contribution < 1.29 is 0 Å². The van der Waals surface area contributed by atoms with Crippen molar-refractivity contribution in [3.63, 3.8) is 0 Å². The van der Waals surface area contributed by atoms with E-state index in [1.54, 1.807) is 24.2 Å². The number of aromatic amines is 1. The smallest absolute Gasteiger partial charge is 0.257 e. The number of rotatable bonds is 3. The number of nitrogens with zero attached hydrogens (tertiary/aromatic N) is 2. The molecular weight excluding hydrogens is 338 g/mol. The van der Waals surface area contributed by atoms with Gasteiger partial charge in [0.2, 0.25) is 0 Å². The zero-order valence-electron chi connectivity index (χ0n) is 12.8. The van der Waals surface area contributed by atoms with Gasteiger partial charge in [-0.05, 0) is 42.0 Å². The standard InChI is InChI=1S/C18H13N3OS2/c1-23-13-3-2-12-8-14(17(22)20-15(12)9-13)16-10-24-18(21-16)11-4-6-19-7-5-11/h2-10H,1H3,(H,20,22). The van der Waals surface area contributed by atoms with E-state index < -0.39 is 0 Å². The van der Waals surface area contributed by atoms with Gasteiger partial charge in [-0.15, -0.1) is 23.1 Å². The van der Waals surface area contributed by atoms with Crippen LogP contribution in [0.4, 0.5) is 0 Å². The number of hydrogen-bond donors (Lipinski definition) is 1. The van der Waals surface area contributed by atoms with Gasteiger partial charge in [0.25, 0.3) is 5.56 Å². The van der Waals surface area contributed by atoms with E-state index in [0.717, 1.165) is 26.4 Å². The molecule has 0 bridgehead atoms. The molecule has 1 N–H and O–H groups in total. The van der Waals surface area contributed by atoms with Crippen LogP contribution in [0.25, 0.3) is 32.7 Å². The first-order valence-electron chi connectivity index (χ1n) is 7.32. The lowest BCUT2D eigenvalue weighted by Crippen LogP contribution is -2.08. The Morgan fingerprint density at radius 3 is 2.75 bits per heavy atom. The van der Waals surface area contributed by atoms with Crippen LogP contribution >= 0.6 is 23.1 Å². The topological polar surface area (TPSA) is 58.6 Å². The third kappa shape index (κ3) is 2.74. The lowest BCUT2D eigenvalue weighted by atomic mass is 10.1. The minimum absolute atomic E-state index is 0.118. The number of pyridine rings is 2. The number of fused-ring (bicyclic) bond motifs is 1. The third-order valence-electron chi connectivity index (χ3n) is 3.76. The van der Waals surface area contributed by atoms with Crippen molar-refractivity contribution in [1.82, 2.24) is 15.0 Å². The van der Waals surface area contributed by atoms with Crippen LogP contribution in [0.2, 0.25) is 0 Å². The van der Waals surface area contributed by atoms with Crippen molar-refractivity contribution in [1.29, 1.82) is 0 Å². The van der Waals surface area contributed by atoms with Crippen LogP contribution in [0, 0.1) is 0 Å². The number of hydrogen-bond acceptors (Lipinski definition) is 5. The SMILES string of the molecule is CSc1ccc2cc(-c3csc(-c4ccncc4)n3)c(=O)[nH]c2c1. The fourth-order valence-electron chi connectivity index (χ4n) is 2.52. The highest BCUT2D eigenvalue weighted by molar-refractivity contribution is 7.98. The first-order valence-corrected chi connectivity index (χ1v) is 9.42.